The number of carbonyl (C=O) groups is 1. The maximum atomic E-state index is 10.6. The molecule has 0 unspecified atom stereocenters. The van der Waals surface area contributed by atoms with Crippen LogP contribution in [0.4, 0.5) is 0 Å². The molecule has 0 aliphatic rings. The average Bonchev–Trinajstić information content (AvgIpc) is 2.19. The topological polar surface area (TPSA) is 62.2 Å². The summed E-state index contributed by atoms with van der Waals surface area (Å²) in [7, 11) is 0. The molecule has 0 radical (unpaired) electrons. The predicted molar refractivity (Wildman–Crippen MR) is 48.0 cm³/mol. The molecule has 0 saturated heterocycles. The monoisotopic (exact) mass is 180 g/mol. The van der Waals surface area contributed by atoms with E-state index in [0.717, 1.165) is 12.0 Å². The third-order valence-corrected chi connectivity index (χ3v) is 1.63. The molecule has 0 atom stereocenters. The van der Waals surface area contributed by atoms with Crippen molar-refractivity contribution in [1.82, 2.24) is 10.3 Å². The summed E-state index contributed by atoms with van der Waals surface area (Å²) in [5, 5.41) is 11.0. The van der Waals surface area contributed by atoms with Crippen LogP contribution in [-0.4, -0.2) is 29.1 Å². The number of aliphatic hydroxyl groups is 1. The van der Waals surface area contributed by atoms with Gasteiger partial charge >= 0.3 is 0 Å². The highest BCUT2D eigenvalue weighted by atomic mass is 16.3. The smallest absolute Gasteiger partial charge is 0.245 e. The molecule has 70 valence electrons. The van der Waals surface area contributed by atoms with Crippen molar-refractivity contribution >= 4 is 5.91 Å². The zero-order chi connectivity index (χ0) is 9.52. The minimum Gasteiger partial charge on any atom is -0.387 e. The van der Waals surface area contributed by atoms with Gasteiger partial charge in [-0.1, -0.05) is 0 Å². The normalized spacial score (nSPS) is 9.62. The largest absolute Gasteiger partial charge is 0.387 e. The molecule has 0 saturated carbocycles. The standard InChI is InChI=1S/C9H12N2O2/c12-7-9(13)11-6-3-8-1-4-10-5-2-8/h1-2,4-5,12H,3,6-7H2,(H,11,13). The van der Waals surface area contributed by atoms with Gasteiger partial charge in [-0.2, -0.15) is 0 Å². The number of hydrogen-bond acceptors (Lipinski definition) is 3. The quantitative estimate of drug-likeness (QED) is 0.670. The number of hydrogen-bond donors (Lipinski definition) is 2. The first-order valence-corrected chi connectivity index (χ1v) is 4.09. The number of nitrogens with zero attached hydrogens (tertiary/aromatic N) is 1. The zero-order valence-electron chi connectivity index (χ0n) is 7.23. The lowest BCUT2D eigenvalue weighted by Gasteiger charge is -2.02. The first kappa shape index (κ1) is 9.67. The van der Waals surface area contributed by atoms with Gasteiger partial charge in [0, 0.05) is 18.9 Å². The van der Waals surface area contributed by atoms with Gasteiger partial charge < -0.3 is 10.4 Å². The van der Waals surface area contributed by atoms with E-state index < -0.39 is 6.61 Å². The number of rotatable bonds is 4. The Kier molecular flexibility index (Phi) is 3.92. The van der Waals surface area contributed by atoms with Gasteiger partial charge in [-0.05, 0) is 24.1 Å². The van der Waals surface area contributed by atoms with Crippen LogP contribution in [0.1, 0.15) is 5.56 Å². The molecule has 0 aliphatic carbocycles. The number of pyridine rings is 1. The van der Waals surface area contributed by atoms with Crippen LogP contribution in [0.3, 0.4) is 0 Å². The van der Waals surface area contributed by atoms with Gasteiger partial charge in [-0.25, -0.2) is 0 Å². The fraction of sp³-hybridized carbons (Fsp3) is 0.333. The summed E-state index contributed by atoms with van der Waals surface area (Å²) in [5.74, 6) is -0.339. The van der Waals surface area contributed by atoms with Crippen LogP contribution in [0.15, 0.2) is 24.5 Å². The lowest BCUT2D eigenvalue weighted by atomic mass is 10.2. The van der Waals surface area contributed by atoms with Gasteiger partial charge in [0.05, 0.1) is 0 Å². The average molecular weight is 180 g/mol. The molecule has 1 aromatic heterocycles. The van der Waals surface area contributed by atoms with Gasteiger partial charge in [-0.3, -0.25) is 9.78 Å². The third kappa shape index (κ3) is 3.66. The fourth-order valence-corrected chi connectivity index (χ4v) is 0.952. The molecular weight excluding hydrogens is 168 g/mol. The van der Waals surface area contributed by atoms with Gasteiger partial charge in [0.2, 0.25) is 5.91 Å². The molecule has 1 amide bonds. The molecule has 0 spiro atoms. The van der Waals surface area contributed by atoms with E-state index in [2.05, 4.69) is 10.3 Å². The van der Waals surface area contributed by atoms with E-state index in [9.17, 15) is 4.79 Å². The van der Waals surface area contributed by atoms with Crippen LogP contribution in [0, 0.1) is 0 Å². The van der Waals surface area contributed by atoms with Crippen LogP contribution in [0.25, 0.3) is 0 Å². The summed E-state index contributed by atoms with van der Waals surface area (Å²) < 4.78 is 0. The Morgan fingerprint density at radius 3 is 2.77 bits per heavy atom. The Balaban J connectivity index is 2.24. The lowest BCUT2D eigenvalue weighted by molar-refractivity contribution is -0.123. The fourth-order valence-electron chi connectivity index (χ4n) is 0.952. The molecule has 0 fully saturated rings. The summed E-state index contributed by atoms with van der Waals surface area (Å²) >= 11 is 0. The Hall–Kier alpha value is -1.42. The molecule has 13 heavy (non-hydrogen) atoms. The van der Waals surface area contributed by atoms with Gasteiger partial charge in [0.15, 0.2) is 0 Å². The second-order valence-electron chi connectivity index (χ2n) is 2.61. The summed E-state index contributed by atoms with van der Waals surface area (Å²) in [5.41, 5.74) is 1.12. The Bertz CT molecular complexity index is 262. The van der Waals surface area contributed by atoms with E-state index >= 15 is 0 Å². The number of carbonyl (C=O) groups excluding carboxylic acids is 1. The highest BCUT2D eigenvalue weighted by molar-refractivity contribution is 5.76. The maximum Gasteiger partial charge on any atom is 0.245 e. The van der Waals surface area contributed by atoms with Crippen LogP contribution in [-0.2, 0) is 11.2 Å². The molecular formula is C9H12N2O2. The Morgan fingerprint density at radius 2 is 2.15 bits per heavy atom. The molecule has 0 bridgehead atoms. The second-order valence-corrected chi connectivity index (χ2v) is 2.61. The van der Waals surface area contributed by atoms with Crippen LogP contribution >= 0.6 is 0 Å². The lowest BCUT2D eigenvalue weighted by Crippen LogP contribution is -2.28. The maximum absolute atomic E-state index is 10.6. The molecule has 4 nitrogen and oxygen atoms in total. The molecule has 1 aromatic rings. The highest BCUT2D eigenvalue weighted by Gasteiger charge is 1.96. The van der Waals surface area contributed by atoms with E-state index in [1.54, 1.807) is 12.4 Å². The van der Waals surface area contributed by atoms with E-state index in [1.807, 2.05) is 12.1 Å². The minimum atomic E-state index is -0.448. The van der Waals surface area contributed by atoms with Crippen LogP contribution < -0.4 is 5.32 Å². The number of amides is 1. The van der Waals surface area contributed by atoms with Crippen LogP contribution in [0.2, 0.25) is 0 Å². The second kappa shape index (κ2) is 5.27. The minimum absolute atomic E-state index is 0.339. The van der Waals surface area contributed by atoms with Gasteiger partial charge in [0.1, 0.15) is 6.61 Å². The van der Waals surface area contributed by atoms with Crippen molar-refractivity contribution in [3.05, 3.63) is 30.1 Å². The number of aromatic nitrogens is 1. The van der Waals surface area contributed by atoms with Crippen molar-refractivity contribution in [2.75, 3.05) is 13.2 Å². The summed E-state index contributed by atoms with van der Waals surface area (Å²) in [6.07, 6.45) is 4.18. The molecule has 0 aromatic carbocycles. The first-order valence-electron chi connectivity index (χ1n) is 4.09. The van der Waals surface area contributed by atoms with Crippen molar-refractivity contribution in [2.24, 2.45) is 0 Å². The molecule has 0 aliphatic heterocycles. The molecule has 1 heterocycles. The third-order valence-electron chi connectivity index (χ3n) is 1.63. The van der Waals surface area contributed by atoms with E-state index in [-0.39, 0.29) is 5.91 Å². The zero-order valence-corrected chi connectivity index (χ0v) is 7.23. The number of nitrogens with one attached hydrogen (secondary N) is 1. The van der Waals surface area contributed by atoms with Crippen molar-refractivity contribution in [3.8, 4) is 0 Å². The summed E-state index contributed by atoms with van der Waals surface area (Å²) in [6, 6.07) is 3.79. The highest BCUT2D eigenvalue weighted by Crippen LogP contribution is 1.95. The molecule has 1 rings (SSSR count). The summed E-state index contributed by atoms with van der Waals surface area (Å²) in [6.45, 7) is 0.0970. The van der Waals surface area contributed by atoms with Crippen molar-refractivity contribution < 1.29 is 9.90 Å². The van der Waals surface area contributed by atoms with Crippen LogP contribution in [0.5, 0.6) is 0 Å². The Labute approximate surface area is 76.6 Å². The van der Waals surface area contributed by atoms with E-state index in [4.69, 9.17) is 5.11 Å². The number of aliphatic hydroxyl groups excluding tert-OH is 1. The van der Waals surface area contributed by atoms with E-state index in [1.165, 1.54) is 0 Å². The van der Waals surface area contributed by atoms with Gasteiger partial charge in [-0.15, -0.1) is 0 Å². The molecule has 4 heteroatoms. The van der Waals surface area contributed by atoms with Crippen molar-refractivity contribution in [2.45, 2.75) is 6.42 Å². The van der Waals surface area contributed by atoms with Gasteiger partial charge in [0.25, 0.3) is 0 Å². The predicted octanol–water partition coefficient (Wildman–Crippen LogP) is -0.267. The SMILES string of the molecule is O=C(CO)NCCc1ccncc1. The summed E-state index contributed by atoms with van der Waals surface area (Å²) in [4.78, 5) is 14.5. The Morgan fingerprint density at radius 1 is 1.46 bits per heavy atom. The first-order chi connectivity index (χ1) is 6.33. The van der Waals surface area contributed by atoms with Crippen molar-refractivity contribution in [3.63, 3.8) is 0 Å². The molecule has 2 N–H and O–H groups in total. The van der Waals surface area contributed by atoms with E-state index in [0.29, 0.717) is 6.54 Å². The van der Waals surface area contributed by atoms with Crippen molar-refractivity contribution in [1.29, 1.82) is 0 Å².